The van der Waals surface area contributed by atoms with Gasteiger partial charge in [-0.25, -0.2) is 9.69 Å². The minimum absolute atomic E-state index is 0.162. The van der Waals surface area contributed by atoms with Crippen LogP contribution in [0.2, 0.25) is 0 Å². The summed E-state index contributed by atoms with van der Waals surface area (Å²) < 4.78 is 12.3. The topological polar surface area (TPSA) is 84.9 Å². The Hall–Kier alpha value is -3.91. The molecule has 0 spiro atoms. The summed E-state index contributed by atoms with van der Waals surface area (Å²) in [6, 6.07) is 18.9. The van der Waals surface area contributed by atoms with Crippen molar-refractivity contribution >= 4 is 45.5 Å². The van der Waals surface area contributed by atoms with E-state index in [1.807, 2.05) is 37.3 Å². The Morgan fingerprint density at radius 3 is 2.50 bits per heavy atom. The van der Waals surface area contributed by atoms with Crippen LogP contribution in [0.4, 0.5) is 10.5 Å². The zero-order valence-electron chi connectivity index (χ0n) is 18.5. The molecule has 1 fully saturated rings. The molecule has 34 heavy (non-hydrogen) atoms. The molecule has 4 rings (SSSR count). The number of ether oxygens (including phenoxy) is 2. The third-order valence-electron chi connectivity index (χ3n) is 5.20. The number of amides is 4. The first kappa shape index (κ1) is 23.3. The number of nitrogens with zero attached hydrogens (tertiary/aromatic N) is 1. The SMILES string of the molecule is COc1cc(/C=C2\C(=O)NC(=O)N(c3cccc(C)c3)C2=O)ccc1OCc1ccccc1Br. The first-order valence-corrected chi connectivity index (χ1v) is 11.2. The van der Waals surface area contributed by atoms with Gasteiger partial charge in [0.05, 0.1) is 12.8 Å². The number of barbiturate groups is 1. The molecule has 1 aliphatic heterocycles. The van der Waals surface area contributed by atoms with Crippen LogP contribution in [0.15, 0.2) is 76.8 Å². The lowest BCUT2D eigenvalue weighted by atomic mass is 10.1. The number of halogens is 1. The first-order chi connectivity index (χ1) is 16.4. The summed E-state index contributed by atoms with van der Waals surface area (Å²) in [5, 5.41) is 2.23. The summed E-state index contributed by atoms with van der Waals surface area (Å²) in [7, 11) is 1.51. The van der Waals surface area contributed by atoms with Crippen molar-refractivity contribution < 1.29 is 23.9 Å². The molecule has 3 aromatic carbocycles. The lowest BCUT2D eigenvalue weighted by molar-refractivity contribution is -0.122. The predicted molar refractivity (Wildman–Crippen MR) is 132 cm³/mol. The van der Waals surface area contributed by atoms with E-state index in [4.69, 9.17) is 9.47 Å². The van der Waals surface area contributed by atoms with E-state index in [-0.39, 0.29) is 5.57 Å². The van der Waals surface area contributed by atoms with Crippen LogP contribution in [0, 0.1) is 6.92 Å². The van der Waals surface area contributed by atoms with Gasteiger partial charge in [0, 0.05) is 10.0 Å². The maximum Gasteiger partial charge on any atom is 0.335 e. The number of imide groups is 2. The van der Waals surface area contributed by atoms with Gasteiger partial charge >= 0.3 is 6.03 Å². The Morgan fingerprint density at radius 2 is 1.76 bits per heavy atom. The van der Waals surface area contributed by atoms with Gasteiger partial charge in [-0.15, -0.1) is 0 Å². The summed E-state index contributed by atoms with van der Waals surface area (Å²) in [4.78, 5) is 38.9. The molecular formula is C26H21BrN2O5. The maximum absolute atomic E-state index is 13.1. The molecule has 0 saturated carbocycles. The minimum atomic E-state index is -0.786. The number of methoxy groups -OCH3 is 1. The highest BCUT2D eigenvalue weighted by Gasteiger charge is 2.36. The van der Waals surface area contributed by atoms with Crippen molar-refractivity contribution in [3.63, 3.8) is 0 Å². The van der Waals surface area contributed by atoms with E-state index in [9.17, 15) is 14.4 Å². The molecule has 4 amide bonds. The Morgan fingerprint density at radius 1 is 0.971 bits per heavy atom. The molecule has 1 heterocycles. The van der Waals surface area contributed by atoms with Crippen molar-refractivity contribution in [3.8, 4) is 11.5 Å². The number of rotatable bonds is 6. The molecule has 8 heteroatoms. The van der Waals surface area contributed by atoms with Gasteiger partial charge in [0.25, 0.3) is 11.8 Å². The smallest absolute Gasteiger partial charge is 0.335 e. The Kier molecular flexibility index (Phi) is 6.79. The Balaban J connectivity index is 1.60. The zero-order chi connectivity index (χ0) is 24.2. The van der Waals surface area contributed by atoms with Gasteiger partial charge in [0.15, 0.2) is 11.5 Å². The lowest BCUT2D eigenvalue weighted by Gasteiger charge is -2.26. The number of carbonyl (C=O) groups is 3. The molecule has 0 bridgehead atoms. The molecule has 0 atom stereocenters. The molecule has 7 nitrogen and oxygen atoms in total. The van der Waals surface area contributed by atoms with E-state index < -0.39 is 17.8 Å². The van der Waals surface area contributed by atoms with Crippen LogP contribution < -0.4 is 19.7 Å². The van der Waals surface area contributed by atoms with Crippen LogP contribution >= 0.6 is 15.9 Å². The van der Waals surface area contributed by atoms with E-state index >= 15 is 0 Å². The highest BCUT2D eigenvalue weighted by Crippen LogP contribution is 2.31. The Bertz CT molecular complexity index is 1320. The van der Waals surface area contributed by atoms with E-state index in [1.165, 1.54) is 13.2 Å². The van der Waals surface area contributed by atoms with Crippen molar-refractivity contribution in [2.24, 2.45) is 0 Å². The molecule has 1 N–H and O–H groups in total. The predicted octanol–water partition coefficient (Wildman–Crippen LogP) is 5.01. The summed E-state index contributed by atoms with van der Waals surface area (Å²) in [5.41, 5.74) is 2.62. The normalized spacial score (nSPS) is 14.9. The number of benzene rings is 3. The fourth-order valence-corrected chi connectivity index (χ4v) is 3.89. The fraction of sp³-hybridized carbons (Fsp3) is 0.115. The molecule has 1 aliphatic rings. The molecule has 3 aromatic rings. The van der Waals surface area contributed by atoms with Crippen LogP contribution in [0.25, 0.3) is 6.08 Å². The molecule has 0 aromatic heterocycles. The maximum atomic E-state index is 13.1. The number of hydrogen-bond acceptors (Lipinski definition) is 5. The van der Waals surface area contributed by atoms with Crippen molar-refractivity contribution in [3.05, 3.63) is 93.5 Å². The molecular weight excluding hydrogens is 500 g/mol. The van der Waals surface area contributed by atoms with Crippen LogP contribution in [-0.2, 0) is 16.2 Å². The molecule has 172 valence electrons. The summed E-state index contributed by atoms with van der Waals surface area (Å²) in [6.07, 6.45) is 1.42. The van der Waals surface area contributed by atoms with Gasteiger partial charge in [0.1, 0.15) is 12.2 Å². The van der Waals surface area contributed by atoms with Gasteiger partial charge in [-0.1, -0.05) is 52.3 Å². The van der Waals surface area contributed by atoms with E-state index in [2.05, 4.69) is 21.2 Å². The van der Waals surface area contributed by atoms with Gasteiger partial charge in [-0.05, 0) is 54.5 Å². The number of nitrogens with one attached hydrogen (secondary N) is 1. The highest BCUT2D eigenvalue weighted by atomic mass is 79.9. The van der Waals surface area contributed by atoms with Crippen LogP contribution in [-0.4, -0.2) is 25.0 Å². The average molecular weight is 521 g/mol. The fourth-order valence-electron chi connectivity index (χ4n) is 3.49. The minimum Gasteiger partial charge on any atom is -0.493 e. The number of anilines is 1. The second-order valence-corrected chi connectivity index (χ2v) is 8.44. The molecule has 0 aliphatic carbocycles. The highest BCUT2D eigenvalue weighted by molar-refractivity contribution is 9.10. The van der Waals surface area contributed by atoms with Crippen LogP contribution in [0.3, 0.4) is 0 Å². The van der Waals surface area contributed by atoms with Gasteiger partial charge < -0.3 is 9.47 Å². The summed E-state index contributed by atoms with van der Waals surface area (Å²) >= 11 is 3.50. The summed E-state index contributed by atoms with van der Waals surface area (Å²) in [5.74, 6) is -0.507. The third kappa shape index (κ3) is 4.87. The number of urea groups is 1. The summed E-state index contributed by atoms with van der Waals surface area (Å²) in [6.45, 7) is 2.18. The molecule has 0 radical (unpaired) electrons. The zero-order valence-corrected chi connectivity index (χ0v) is 20.1. The van der Waals surface area contributed by atoms with Gasteiger partial charge in [-0.3, -0.25) is 14.9 Å². The van der Waals surface area contributed by atoms with E-state index in [0.29, 0.717) is 29.4 Å². The van der Waals surface area contributed by atoms with Crippen molar-refractivity contribution in [1.82, 2.24) is 5.32 Å². The van der Waals surface area contributed by atoms with Crippen molar-refractivity contribution in [1.29, 1.82) is 0 Å². The monoisotopic (exact) mass is 520 g/mol. The average Bonchev–Trinajstić information content (AvgIpc) is 2.81. The standard InChI is InChI=1S/C26H21BrN2O5/c1-16-6-5-8-19(12-16)29-25(31)20(24(30)28-26(29)32)13-17-10-11-22(23(14-17)33-2)34-15-18-7-3-4-9-21(18)27/h3-14H,15H2,1-2H3,(H,28,30,32)/b20-13+. The Labute approximate surface area is 205 Å². The van der Waals surface area contributed by atoms with Gasteiger partial charge in [0.2, 0.25) is 0 Å². The lowest BCUT2D eigenvalue weighted by Crippen LogP contribution is -2.54. The number of carbonyl (C=O) groups excluding carboxylic acids is 3. The third-order valence-corrected chi connectivity index (χ3v) is 5.97. The molecule has 0 unspecified atom stereocenters. The first-order valence-electron chi connectivity index (χ1n) is 10.4. The van der Waals surface area contributed by atoms with E-state index in [1.54, 1.807) is 36.4 Å². The quantitative estimate of drug-likeness (QED) is 0.364. The van der Waals surface area contributed by atoms with E-state index in [0.717, 1.165) is 20.5 Å². The van der Waals surface area contributed by atoms with Crippen molar-refractivity contribution in [2.75, 3.05) is 12.0 Å². The second kappa shape index (κ2) is 9.93. The van der Waals surface area contributed by atoms with Crippen LogP contribution in [0.1, 0.15) is 16.7 Å². The molecule has 1 saturated heterocycles. The van der Waals surface area contributed by atoms with Crippen LogP contribution in [0.5, 0.6) is 11.5 Å². The van der Waals surface area contributed by atoms with Crippen molar-refractivity contribution in [2.45, 2.75) is 13.5 Å². The largest absolute Gasteiger partial charge is 0.493 e. The number of aryl methyl sites for hydroxylation is 1. The second-order valence-electron chi connectivity index (χ2n) is 7.59. The van der Waals surface area contributed by atoms with Gasteiger partial charge in [-0.2, -0.15) is 0 Å². The number of hydrogen-bond donors (Lipinski definition) is 1.